The summed E-state index contributed by atoms with van der Waals surface area (Å²) in [5.41, 5.74) is 6.59. The topological polar surface area (TPSA) is 66.3 Å². The molecular formula is C17H23ClFN3O2S. The van der Waals surface area contributed by atoms with E-state index in [1.165, 1.54) is 6.07 Å². The van der Waals surface area contributed by atoms with Gasteiger partial charge < -0.3 is 11.1 Å². The lowest BCUT2D eigenvalue weighted by Gasteiger charge is -2.46. The van der Waals surface area contributed by atoms with Crippen LogP contribution in [0.15, 0.2) is 18.2 Å². The fourth-order valence-corrected chi connectivity index (χ4v) is 5.20. The molecule has 3 aliphatic rings. The van der Waals surface area contributed by atoms with Crippen molar-refractivity contribution in [3.8, 4) is 0 Å². The molecule has 2 aliphatic heterocycles. The van der Waals surface area contributed by atoms with Gasteiger partial charge in [0.1, 0.15) is 11.4 Å². The largest absolute Gasteiger partial charge is 0.373 e. The lowest BCUT2D eigenvalue weighted by Crippen LogP contribution is -2.64. The van der Waals surface area contributed by atoms with Crippen LogP contribution in [-0.4, -0.2) is 47.0 Å². The molecule has 1 aromatic carbocycles. The van der Waals surface area contributed by atoms with Crippen LogP contribution in [-0.2, 0) is 9.78 Å². The zero-order valence-corrected chi connectivity index (χ0v) is 15.5. The molecule has 1 aliphatic carbocycles. The molecule has 0 aromatic heterocycles. The van der Waals surface area contributed by atoms with Gasteiger partial charge in [0, 0.05) is 36.3 Å². The average Bonchev–Trinajstić information content (AvgIpc) is 3.41. The van der Waals surface area contributed by atoms with Crippen LogP contribution in [0.5, 0.6) is 0 Å². The number of hydrogen-bond acceptors (Lipinski definition) is 6. The smallest absolute Gasteiger partial charge is 0.312 e. The van der Waals surface area contributed by atoms with Gasteiger partial charge in [0.15, 0.2) is 0 Å². The van der Waals surface area contributed by atoms with Crippen LogP contribution in [0.2, 0.25) is 5.02 Å². The number of hydrogen-bond donors (Lipinski definition) is 2. The molecule has 25 heavy (non-hydrogen) atoms. The second kappa shape index (κ2) is 6.87. The number of nitrogens with one attached hydrogen (secondary N) is 1. The molecule has 0 bridgehead atoms. The predicted octanol–water partition coefficient (Wildman–Crippen LogP) is 3.20. The van der Waals surface area contributed by atoms with Crippen LogP contribution < -0.4 is 11.1 Å². The molecule has 2 unspecified atom stereocenters. The number of halogens is 2. The van der Waals surface area contributed by atoms with E-state index in [0.29, 0.717) is 0 Å². The number of nitrogens with two attached hydrogens (primary N) is 1. The van der Waals surface area contributed by atoms with Gasteiger partial charge in [-0.05, 0) is 43.9 Å². The molecule has 3 fully saturated rings. The number of thioether (sulfide) groups is 1. The van der Waals surface area contributed by atoms with Crippen molar-refractivity contribution in [3.05, 3.63) is 29.0 Å². The number of nitrogens with zero attached hydrogens (tertiary/aromatic N) is 1. The van der Waals surface area contributed by atoms with E-state index in [-0.39, 0.29) is 11.1 Å². The second-order valence-corrected chi connectivity index (χ2v) is 8.67. The summed E-state index contributed by atoms with van der Waals surface area (Å²) >= 11 is 7.91. The third-order valence-corrected chi connectivity index (χ3v) is 6.60. The molecule has 1 aromatic rings. The van der Waals surface area contributed by atoms with Crippen LogP contribution in [0.3, 0.4) is 0 Å². The minimum absolute atomic E-state index is 0.0704. The van der Waals surface area contributed by atoms with E-state index in [4.69, 9.17) is 27.1 Å². The maximum atomic E-state index is 13.5. The number of benzene rings is 1. The zero-order valence-electron chi connectivity index (χ0n) is 14.0. The average molecular weight is 388 g/mol. The Labute approximate surface area is 156 Å². The van der Waals surface area contributed by atoms with Crippen molar-refractivity contribution in [1.82, 2.24) is 4.90 Å². The van der Waals surface area contributed by atoms with Crippen LogP contribution in [0.4, 0.5) is 10.1 Å². The van der Waals surface area contributed by atoms with Crippen molar-refractivity contribution in [1.29, 1.82) is 0 Å². The minimum atomic E-state index is -0.799. The lowest BCUT2D eigenvalue weighted by atomic mass is 9.76. The van der Waals surface area contributed by atoms with Gasteiger partial charge in [-0.15, -0.1) is 0 Å². The summed E-state index contributed by atoms with van der Waals surface area (Å²) in [6, 6.07) is 4.76. The Kier molecular flexibility index (Phi) is 4.90. The van der Waals surface area contributed by atoms with Gasteiger partial charge in [0.25, 0.3) is 0 Å². The monoisotopic (exact) mass is 387 g/mol. The van der Waals surface area contributed by atoms with E-state index in [1.54, 1.807) is 12.1 Å². The highest BCUT2D eigenvalue weighted by molar-refractivity contribution is 7.99. The first kappa shape index (κ1) is 17.8. The minimum Gasteiger partial charge on any atom is -0.373 e. The van der Waals surface area contributed by atoms with Gasteiger partial charge >= 0.3 is 5.91 Å². The summed E-state index contributed by atoms with van der Waals surface area (Å²) in [5.74, 6) is 0.883. The first-order valence-electron chi connectivity index (χ1n) is 8.73. The molecule has 138 valence electrons. The summed E-state index contributed by atoms with van der Waals surface area (Å²) in [6.07, 6.45) is 3.57. The second-order valence-electron chi connectivity index (χ2n) is 7.04. The van der Waals surface area contributed by atoms with Crippen molar-refractivity contribution in [2.75, 3.05) is 29.9 Å². The molecule has 0 radical (unpaired) electrons. The summed E-state index contributed by atoms with van der Waals surface area (Å²) in [6.45, 7) is 1.82. The van der Waals surface area contributed by atoms with Crippen molar-refractivity contribution in [3.63, 3.8) is 0 Å². The van der Waals surface area contributed by atoms with Gasteiger partial charge in [-0.2, -0.15) is 21.5 Å². The van der Waals surface area contributed by atoms with E-state index in [9.17, 15) is 4.39 Å². The highest BCUT2D eigenvalue weighted by Gasteiger charge is 2.69. The molecule has 1 saturated carbocycles. The first-order valence-corrected chi connectivity index (χ1v) is 10.3. The van der Waals surface area contributed by atoms with Crippen molar-refractivity contribution in [2.24, 2.45) is 5.73 Å². The Balaban J connectivity index is 1.66. The molecule has 2 atom stereocenters. The predicted molar refractivity (Wildman–Crippen MR) is 98.0 cm³/mol. The van der Waals surface area contributed by atoms with E-state index in [2.05, 4.69) is 10.2 Å². The number of rotatable bonds is 4. The van der Waals surface area contributed by atoms with Gasteiger partial charge in [-0.25, -0.2) is 9.29 Å². The Bertz CT molecular complexity index is 642. The molecule has 2 heterocycles. The van der Waals surface area contributed by atoms with Gasteiger partial charge in [0.2, 0.25) is 0 Å². The van der Waals surface area contributed by atoms with Crippen molar-refractivity contribution in [2.45, 2.75) is 43.2 Å². The first-order chi connectivity index (χ1) is 12.0. The Morgan fingerprint density at radius 1 is 1.32 bits per heavy atom. The lowest BCUT2D eigenvalue weighted by molar-refractivity contribution is -0.00131. The van der Waals surface area contributed by atoms with Gasteiger partial charge in [-0.3, -0.25) is 0 Å². The number of anilines is 1. The standard InChI is InChI=1S/C17H23ClFN3O2S/c18-14-10-13(3-4-15(14)19)21-16(5-1-2-12(20)11-16)17(23-24-17)22-6-8-25-9-7-22/h3-4,10,12,21H,1-2,5-9,11,20H2. The van der Waals surface area contributed by atoms with Crippen LogP contribution >= 0.6 is 23.4 Å². The van der Waals surface area contributed by atoms with E-state index in [1.807, 2.05) is 11.8 Å². The quantitative estimate of drug-likeness (QED) is 0.611. The molecular weight excluding hydrogens is 365 g/mol. The van der Waals surface area contributed by atoms with Gasteiger partial charge in [0.05, 0.1) is 5.02 Å². The molecule has 8 heteroatoms. The highest BCUT2D eigenvalue weighted by Crippen LogP contribution is 2.52. The Morgan fingerprint density at radius 2 is 2.08 bits per heavy atom. The van der Waals surface area contributed by atoms with E-state index in [0.717, 1.165) is 56.0 Å². The maximum Gasteiger partial charge on any atom is 0.312 e. The van der Waals surface area contributed by atoms with Gasteiger partial charge in [-0.1, -0.05) is 11.6 Å². The third-order valence-electron chi connectivity index (χ3n) is 5.37. The maximum absolute atomic E-state index is 13.5. The van der Waals surface area contributed by atoms with Crippen LogP contribution in [0.1, 0.15) is 25.7 Å². The van der Waals surface area contributed by atoms with Crippen molar-refractivity contribution >= 4 is 29.1 Å². The van der Waals surface area contributed by atoms with Crippen molar-refractivity contribution < 1.29 is 14.2 Å². The molecule has 0 spiro atoms. The molecule has 2 saturated heterocycles. The third kappa shape index (κ3) is 3.26. The zero-order chi connectivity index (χ0) is 17.5. The Morgan fingerprint density at radius 3 is 2.72 bits per heavy atom. The SMILES string of the molecule is NC1CCCC(Nc2ccc(F)c(Cl)c2)(C2(N3CCSCC3)OO2)C1. The normalized spacial score (nSPS) is 32.4. The highest BCUT2D eigenvalue weighted by atomic mass is 35.5. The molecule has 0 amide bonds. The fourth-order valence-electron chi connectivity index (χ4n) is 4.11. The van der Waals surface area contributed by atoms with Crippen LogP contribution in [0.25, 0.3) is 0 Å². The Hall–Kier alpha value is -0.570. The van der Waals surface area contributed by atoms with E-state index >= 15 is 0 Å². The molecule has 5 nitrogen and oxygen atoms in total. The summed E-state index contributed by atoms with van der Waals surface area (Å²) in [5, 5.41) is 3.66. The summed E-state index contributed by atoms with van der Waals surface area (Å²) in [7, 11) is 0. The molecule has 4 rings (SSSR count). The van der Waals surface area contributed by atoms with Crippen LogP contribution in [0, 0.1) is 5.82 Å². The summed E-state index contributed by atoms with van der Waals surface area (Å²) in [4.78, 5) is 13.6. The summed E-state index contributed by atoms with van der Waals surface area (Å²) < 4.78 is 13.5. The fraction of sp³-hybridized carbons (Fsp3) is 0.647. The van der Waals surface area contributed by atoms with E-state index < -0.39 is 17.3 Å². The molecule has 3 N–H and O–H groups in total.